The number of nitrogens with two attached hydrogens (primary N) is 1. The Morgan fingerprint density at radius 2 is 2.40 bits per heavy atom. The van der Waals surface area contributed by atoms with Crippen LogP contribution in [0.25, 0.3) is 0 Å². The monoisotopic (exact) mass is 207 g/mol. The lowest BCUT2D eigenvalue weighted by atomic mass is 10.2. The highest BCUT2D eigenvalue weighted by Crippen LogP contribution is 2.21. The minimum atomic E-state index is -0.0146. The molecule has 0 aliphatic carbocycles. The van der Waals surface area contributed by atoms with Crippen molar-refractivity contribution in [3.05, 3.63) is 23.8 Å². The normalized spacial score (nSPS) is 10.5. The molecule has 0 unspecified atom stereocenters. The number of ether oxygens (including phenoxy) is 1. The highest BCUT2D eigenvalue weighted by Gasteiger charge is 1.99. The van der Waals surface area contributed by atoms with E-state index in [0.29, 0.717) is 11.3 Å². The summed E-state index contributed by atoms with van der Waals surface area (Å²) in [5.74, 6) is 0.650. The van der Waals surface area contributed by atoms with E-state index in [4.69, 9.17) is 15.9 Å². The number of amidine groups is 1. The standard InChI is InChI=1S/C10H13N3O2/c1-15-8-3-2-7(9(14)4-8)5-13-6-10(11)12/h2-5,14H,6H2,1H3,(H3,11,12). The molecule has 1 aromatic carbocycles. The summed E-state index contributed by atoms with van der Waals surface area (Å²) in [5, 5.41) is 16.5. The maximum atomic E-state index is 9.53. The van der Waals surface area contributed by atoms with E-state index in [1.807, 2.05) is 0 Å². The molecule has 0 aromatic heterocycles. The van der Waals surface area contributed by atoms with Crippen LogP contribution in [0.1, 0.15) is 5.56 Å². The number of aliphatic imine (C=N–C) groups is 1. The maximum absolute atomic E-state index is 9.53. The molecule has 0 atom stereocenters. The molecule has 0 spiro atoms. The van der Waals surface area contributed by atoms with Gasteiger partial charge in [0.15, 0.2) is 0 Å². The van der Waals surface area contributed by atoms with Crippen molar-refractivity contribution in [1.29, 1.82) is 5.41 Å². The molecule has 4 N–H and O–H groups in total. The second-order valence-corrected chi connectivity index (χ2v) is 2.92. The summed E-state index contributed by atoms with van der Waals surface area (Å²) in [4.78, 5) is 3.88. The van der Waals surface area contributed by atoms with Crippen LogP contribution in [0.3, 0.4) is 0 Å². The average molecular weight is 207 g/mol. The molecule has 0 fully saturated rings. The van der Waals surface area contributed by atoms with Crippen LogP contribution in [0.5, 0.6) is 11.5 Å². The van der Waals surface area contributed by atoms with Gasteiger partial charge in [-0.15, -0.1) is 0 Å². The Bertz CT molecular complexity index is 388. The van der Waals surface area contributed by atoms with E-state index in [1.165, 1.54) is 19.4 Å². The largest absolute Gasteiger partial charge is 0.507 e. The van der Waals surface area contributed by atoms with Gasteiger partial charge >= 0.3 is 0 Å². The Hall–Kier alpha value is -2.04. The molecule has 0 saturated heterocycles. The van der Waals surface area contributed by atoms with Crippen molar-refractivity contribution in [2.45, 2.75) is 0 Å². The zero-order chi connectivity index (χ0) is 11.3. The Morgan fingerprint density at radius 1 is 1.67 bits per heavy atom. The van der Waals surface area contributed by atoms with E-state index in [1.54, 1.807) is 12.1 Å². The fraction of sp³-hybridized carbons (Fsp3) is 0.200. The fourth-order valence-electron chi connectivity index (χ4n) is 1.00. The third-order valence-corrected chi connectivity index (χ3v) is 1.73. The van der Waals surface area contributed by atoms with Gasteiger partial charge in [-0.2, -0.15) is 0 Å². The predicted molar refractivity (Wildman–Crippen MR) is 59.0 cm³/mol. The number of nitrogens with one attached hydrogen (secondary N) is 1. The predicted octanol–water partition coefficient (Wildman–Crippen LogP) is 0.756. The third kappa shape index (κ3) is 3.30. The minimum absolute atomic E-state index is 0.0146. The van der Waals surface area contributed by atoms with E-state index in [0.717, 1.165) is 0 Å². The summed E-state index contributed by atoms with van der Waals surface area (Å²) in [6.45, 7) is 0.130. The van der Waals surface area contributed by atoms with Gasteiger partial charge in [0.05, 0.1) is 13.7 Å². The number of hydrogen-bond acceptors (Lipinski definition) is 4. The van der Waals surface area contributed by atoms with E-state index in [9.17, 15) is 5.11 Å². The van der Waals surface area contributed by atoms with Gasteiger partial charge in [-0.05, 0) is 12.1 Å². The molecule has 5 heteroatoms. The number of benzene rings is 1. The zero-order valence-corrected chi connectivity index (χ0v) is 8.40. The fourth-order valence-corrected chi connectivity index (χ4v) is 1.00. The quantitative estimate of drug-likeness (QED) is 0.502. The van der Waals surface area contributed by atoms with E-state index in [2.05, 4.69) is 4.99 Å². The maximum Gasteiger partial charge on any atom is 0.128 e. The Balaban J connectivity index is 2.78. The summed E-state index contributed by atoms with van der Waals surface area (Å²) in [6.07, 6.45) is 1.47. The number of methoxy groups -OCH3 is 1. The molecule has 0 saturated carbocycles. The van der Waals surface area contributed by atoms with E-state index < -0.39 is 0 Å². The number of rotatable bonds is 4. The highest BCUT2D eigenvalue weighted by atomic mass is 16.5. The lowest BCUT2D eigenvalue weighted by molar-refractivity contribution is 0.407. The Kier molecular flexibility index (Phi) is 3.68. The van der Waals surface area contributed by atoms with Gasteiger partial charge in [-0.3, -0.25) is 10.4 Å². The van der Waals surface area contributed by atoms with Crippen LogP contribution in [-0.2, 0) is 0 Å². The van der Waals surface area contributed by atoms with E-state index >= 15 is 0 Å². The van der Waals surface area contributed by atoms with Crippen LogP contribution in [0.4, 0.5) is 0 Å². The van der Waals surface area contributed by atoms with Crippen LogP contribution in [-0.4, -0.2) is 30.8 Å². The van der Waals surface area contributed by atoms with Gasteiger partial charge in [-0.25, -0.2) is 0 Å². The van der Waals surface area contributed by atoms with Crippen LogP contribution >= 0.6 is 0 Å². The lowest BCUT2D eigenvalue weighted by Gasteiger charge is -2.02. The lowest BCUT2D eigenvalue weighted by Crippen LogP contribution is -2.13. The minimum Gasteiger partial charge on any atom is -0.507 e. The van der Waals surface area contributed by atoms with Gasteiger partial charge in [0, 0.05) is 17.8 Å². The second-order valence-electron chi connectivity index (χ2n) is 2.92. The Labute approximate surface area is 87.7 Å². The van der Waals surface area contributed by atoms with Crippen molar-refractivity contribution in [2.24, 2.45) is 10.7 Å². The van der Waals surface area contributed by atoms with Gasteiger partial charge in [0.1, 0.15) is 17.3 Å². The van der Waals surface area contributed by atoms with Gasteiger partial charge < -0.3 is 15.6 Å². The first-order valence-electron chi connectivity index (χ1n) is 4.33. The Morgan fingerprint density at radius 3 is 2.93 bits per heavy atom. The van der Waals surface area contributed by atoms with Crippen molar-refractivity contribution in [1.82, 2.24) is 0 Å². The highest BCUT2D eigenvalue weighted by molar-refractivity contribution is 5.86. The summed E-state index contributed by atoms with van der Waals surface area (Å²) < 4.78 is 4.93. The third-order valence-electron chi connectivity index (χ3n) is 1.73. The first-order chi connectivity index (χ1) is 7.13. The number of hydrogen-bond donors (Lipinski definition) is 3. The molecule has 1 rings (SSSR count). The average Bonchev–Trinajstić information content (AvgIpc) is 2.20. The SMILES string of the molecule is COc1ccc(C=NCC(=N)N)c(O)c1. The molecular weight excluding hydrogens is 194 g/mol. The summed E-state index contributed by atoms with van der Waals surface area (Å²) in [6, 6.07) is 4.89. The van der Waals surface area contributed by atoms with Crippen LogP contribution < -0.4 is 10.5 Å². The van der Waals surface area contributed by atoms with Crippen LogP contribution in [0.15, 0.2) is 23.2 Å². The zero-order valence-electron chi connectivity index (χ0n) is 8.40. The van der Waals surface area contributed by atoms with Crippen molar-refractivity contribution >= 4 is 12.1 Å². The van der Waals surface area contributed by atoms with Gasteiger partial charge in [-0.1, -0.05) is 0 Å². The molecule has 80 valence electrons. The van der Waals surface area contributed by atoms with Crippen LogP contribution in [0, 0.1) is 5.41 Å². The smallest absolute Gasteiger partial charge is 0.128 e. The molecular formula is C10H13N3O2. The molecule has 0 aliphatic heterocycles. The topological polar surface area (TPSA) is 91.7 Å². The number of nitrogens with zero attached hydrogens (tertiary/aromatic N) is 1. The molecule has 0 radical (unpaired) electrons. The van der Waals surface area contributed by atoms with Crippen LogP contribution in [0.2, 0.25) is 0 Å². The molecule has 1 aromatic rings. The molecule has 0 heterocycles. The first kappa shape index (κ1) is 11.0. The summed E-state index contributed by atoms with van der Waals surface area (Å²) >= 11 is 0. The molecule has 15 heavy (non-hydrogen) atoms. The molecule has 0 aliphatic rings. The number of aromatic hydroxyl groups is 1. The van der Waals surface area contributed by atoms with Gasteiger partial charge in [0.2, 0.25) is 0 Å². The summed E-state index contributed by atoms with van der Waals surface area (Å²) in [5.41, 5.74) is 5.69. The van der Waals surface area contributed by atoms with Gasteiger partial charge in [0.25, 0.3) is 0 Å². The molecule has 0 bridgehead atoms. The number of phenolic OH excluding ortho intramolecular Hbond substituents is 1. The number of phenols is 1. The molecule has 0 amide bonds. The van der Waals surface area contributed by atoms with Crippen molar-refractivity contribution in [3.8, 4) is 11.5 Å². The first-order valence-corrected chi connectivity index (χ1v) is 4.33. The van der Waals surface area contributed by atoms with Crippen molar-refractivity contribution in [3.63, 3.8) is 0 Å². The van der Waals surface area contributed by atoms with Crippen molar-refractivity contribution < 1.29 is 9.84 Å². The molecule has 5 nitrogen and oxygen atoms in total. The summed E-state index contributed by atoms with van der Waals surface area (Å²) in [7, 11) is 1.53. The van der Waals surface area contributed by atoms with E-state index in [-0.39, 0.29) is 18.1 Å². The second kappa shape index (κ2) is 4.99. The van der Waals surface area contributed by atoms with Crippen molar-refractivity contribution in [2.75, 3.05) is 13.7 Å².